The predicted molar refractivity (Wildman–Crippen MR) is 136 cm³/mol. The Morgan fingerprint density at radius 1 is 1.03 bits per heavy atom. The number of para-hydroxylation sites is 2. The van der Waals surface area contributed by atoms with E-state index in [1.54, 1.807) is 12.1 Å². The summed E-state index contributed by atoms with van der Waals surface area (Å²) in [5.74, 6) is 0.775. The van der Waals surface area contributed by atoms with E-state index < -0.39 is 0 Å². The number of halogens is 1. The van der Waals surface area contributed by atoms with Gasteiger partial charge in [0.2, 0.25) is 5.91 Å². The third-order valence-corrected chi connectivity index (χ3v) is 6.72. The van der Waals surface area contributed by atoms with Crippen LogP contribution in [0.25, 0.3) is 11.0 Å². The van der Waals surface area contributed by atoms with Crippen molar-refractivity contribution in [2.45, 2.75) is 65.6 Å². The first-order valence-electron chi connectivity index (χ1n) is 11.6. The van der Waals surface area contributed by atoms with Gasteiger partial charge in [-0.05, 0) is 63.1 Å². The Kier molecular flexibility index (Phi) is 8.67. The highest BCUT2D eigenvalue weighted by atomic mass is 79.9. The summed E-state index contributed by atoms with van der Waals surface area (Å²) >= 11 is 3.39. The Morgan fingerprint density at radius 3 is 2.30 bits per heavy atom. The summed E-state index contributed by atoms with van der Waals surface area (Å²) < 4.78 is 2.93. The summed E-state index contributed by atoms with van der Waals surface area (Å²) in [6.07, 6.45) is 2.36. The normalized spacial score (nSPS) is 13.0. The molecule has 0 saturated heterocycles. The van der Waals surface area contributed by atoms with Crippen molar-refractivity contribution in [2.75, 3.05) is 6.54 Å². The first-order valence-corrected chi connectivity index (χ1v) is 12.4. The molecule has 6 nitrogen and oxygen atoms in total. The maximum absolute atomic E-state index is 13.4. The lowest BCUT2D eigenvalue weighted by Gasteiger charge is -2.34. The van der Waals surface area contributed by atoms with Crippen molar-refractivity contribution in [3.05, 3.63) is 64.4 Å². The summed E-state index contributed by atoms with van der Waals surface area (Å²) in [4.78, 5) is 32.7. The van der Waals surface area contributed by atoms with Crippen molar-refractivity contribution < 1.29 is 9.59 Å². The molecule has 0 aliphatic rings. The number of hydrogen-bond donors (Lipinski definition) is 1. The van der Waals surface area contributed by atoms with Crippen molar-refractivity contribution in [1.29, 1.82) is 0 Å². The van der Waals surface area contributed by atoms with Crippen LogP contribution in [0.1, 0.15) is 56.7 Å². The third kappa shape index (κ3) is 6.02. The van der Waals surface area contributed by atoms with Gasteiger partial charge in [0.1, 0.15) is 12.4 Å². The average molecular weight is 513 g/mol. The number of amides is 2. The maximum atomic E-state index is 13.4. The van der Waals surface area contributed by atoms with E-state index in [1.165, 1.54) is 0 Å². The van der Waals surface area contributed by atoms with E-state index in [-0.39, 0.29) is 30.4 Å². The Hall–Kier alpha value is -2.67. The number of hydrogen-bond acceptors (Lipinski definition) is 3. The second-order valence-electron chi connectivity index (χ2n) is 8.43. The number of nitrogens with zero attached hydrogens (tertiary/aromatic N) is 3. The largest absolute Gasteiger partial charge is 0.352 e. The van der Waals surface area contributed by atoms with Gasteiger partial charge in [0.25, 0.3) is 5.91 Å². The standard InChI is InChI=1S/C26H33BrN4O2/c1-5-18(3)31(19(4)6-2)25(32)17-30-23-10-8-7-9-22(23)29-24(30)15-16-28-26(33)20-11-13-21(27)14-12-20/h7-14,18-19H,5-6,15-17H2,1-4H3,(H,28,33). The van der Waals surface area contributed by atoms with Crippen LogP contribution in [0.2, 0.25) is 0 Å². The molecule has 0 spiro atoms. The molecule has 1 aromatic heterocycles. The molecule has 7 heteroatoms. The van der Waals surface area contributed by atoms with Crippen molar-refractivity contribution >= 4 is 38.8 Å². The van der Waals surface area contributed by atoms with Gasteiger partial charge in [-0.1, -0.05) is 41.9 Å². The molecule has 3 aromatic rings. The van der Waals surface area contributed by atoms with E-state index in [2.05, 4.69) is 48.9 Å². The average Bonchev–Trinajstić information content (AvgIpc) is 3.16. The van der Waals surface area contributed by atoms with E-state index >= 15 is 0 Å². The van der Waals surface area contributed by atoms with Gasteiger partial charge in [0, 0.05) is 35.1 Å². The molecular weight excluding hydrogens is 480 g/mol. The molecule has 0 aliphatic heterocycles. The quantitative estimate of drug-likeness (QED) is 0.406. The van der Waals surface area contributed by atoms with Crippen LogP contribution in [0.3, 0.4) is 0 Å². The van der Waals surface area contributed by atoms with Crippen molar-refractivity contribution in [3.63, 3.8) is 0 Å². The molecule has 2 aromatic carbocycles. The number of benzene rings is 2. The number of carbonyl (C=O) groups is 2. The van der Waals surface area contributed by atoms with Gasteiger partial charge in [0.05, 0.1) is 11.0 Å². The number of carbonyl (C=O) groups excluding carboxylic acids is 2. The smallest absolute Gasteiger partial charge is 0.251 e. The van der Waals surface area contributed by atoms with Crippen LogP contribution in [0.5, 0.6) is 0 Å². The van der Waals surface area contributed by atoms with Gasteiger partial charge < -0.3 is 14.8 Å². The van der Waals surface area contributed by atoms with Crippen molar-refractivity contribution in [1.82, 2.24) is 19.8 Å². The zero-order valence-corrected chi connectivity index (χ0v) is 21.4. The van der Waals surface area contributed by atoms with Gasteiger partial charge in [-0.2, -0.15) is 0 Å². The molecule has 2 amide bonds. The van der Waals surface area contributed by atoms with E-state index in [9.17, 15) is 9.59 Å². The minimum Gasteiger partial charge on any atom is -0.352 e. The minimum atomic E-state index is -0.124. The summed E-state index contributed by atoms with van der Waals surface area (Å²) in [5, 5.41) is 2.97. The minimum absolute atomic E-state index is 0.0991. The van der Waals surface area contributed by atoms with Crippen LogP contribution >= 0.6 is 15.9 Å². The predicted octanol–water partition coefficient (Wildman–Crippen LogP) is 5.20. The van der Waals surface area contributed by atoms with Crippen LogP contribution in [-0.2, 0) is 17.8 Å². The Morgan fingerprint density at radius 2 is 1.67 bits per heavy atom. The molecule has 0 bridgehead atoms. The molecule has 1 N–H and O–H groups in total. The second-order valence-corrected chi connectivity index (χ2v) is 9.35. The van der Waals surface area contributed by atoms with Gasteiger partial charge in [-0.3, -0.25) is 9.59 Å². The Labute approximate surface area is 204 Å². The van der Waals surface area contributed by atoms with Gasteiger partial charge >= 0.3 is 0 Å². The molecule has 1 heterocycles. The number of nitrogens with one attached hydrogen (secondary N) is 1. The van der Waals surface area contributed by atoms with E-state index in [4.69, 9.17) is 4.98 Å². The van der Waals surface area contributed by atoms with Crippen LogP contribution in [0.15, 0.2) is 53.0 Å². The van der Waals surface area contributed by atoms with E-state index in [0.29, 0.717) is 18.5 Å². The van der Waals surface area contributed by atoms with Crippen molar-refractivity contribution in [2.24, 2.45) is 0 Å². The first-order chi connectivity index (χ1) is 15.8. The molecular formula is C26H33BrN4O2. The maximum Gasteiger partial charge on any atom is 0.251 e. The molecule has 0 fully saturated rings. The summed E-state index contributed by atoms with van der Waals surface area (Å²) in [7, 11) is 0. The SMILES string of the molecule is CCC(C)N(C(=O)Cn1c(CCNC(=O)c2ccc(Br)cc2)nc2ccccc21)C(C)CC. The molecule has 3 rings (SSSR count). The summed E-state index contributed by atoms with van der Waals surface area (Å²) in [6.45, 7) is 9.11. The zero-order chi connectivity index (χ0) is 24.0. The van der Waals surface area contributed by atoms with Crippen molar-refractivity contribution in [3.8, 4) is 0 Å². The fraction of sp³-hybridized carbons (Fsp3) is 0.423. The number of fused-ring (bicyclic) bond motifs is 1. The molecule has 2 unspecified atom stereocenters. The summed E-state index contributed by atoms with van der Waals surface area (Å²) in [5.41, 5.74) is 2.41. The molecule has 33 heavy (non-hydrogen) atoms. The van der Waals surface area contributed by atoms with Gasteiger partial charge in [-0.15, -0.1) is 0 Å². The monoisotopic (exact) mass is 512 g/mol. The number of imidazole rings is 1. The number of aromatic nitrogens is 2. The topological polar surface area (TPSA) is 67.2 Å². The third-order valence-electron chi connectivity index (χ3n) is 6.19. The molecule has 0 radical (unpaired) electrons. The highest BCUT2D eigenvalue weighted by molar-refractivity contribution is 9.10. The number of rotatable bonds is 10. The molecule has 0 saturated carbocycles. The fourth-order valence-corrected chi connectivity index (χ4v) is 4.28. The van der Waals surface area contributed by atoms with Crippen LogP contribution in [0.4, 0.5) is 0 Å². The lowest BCUT2D eigenvalue weighted by Crippen LogP contribution is -2.46. The second kappa shape index (κ2) is 11.5. The lowest BCUT2D eigenvalue weighted by molar-refractivity contribution is -0.136. The molecule has 0 aliphatic carbocycles. The first kappa shape index (κ1) is 25.0. The fourth-order valence-electron chi connectivity index (χ4n) is 4.02. The highest BCUT2D eigenvalue weighted by Crippen LogP contribution is 2.19. The van der Waals surface area contributed by atoms with Crippen LogP contribution in [0, 0.1) is 0 Å². The van der Waals surface area contributed by atoms with Gasteiger partial charge in [-0.25, -0.2) is 4.98 Å². The molecule has 2 atom stereocenters. The van der Waals surface area contributed by atoms with Gasteiger partial charge in [0.15, 0.2) is 0 Å². The van der Waals surface area contributed by atoms with Crippen LogP contribution in [-0.4, -0.2) is 44.9 Å². The van der Waals surface area contributed by atoms with E-state index in [0.717, 1.165) is 34.2 Å². The van der Waals surface area contributed by atoms with E-state index in [1.807, 2.05) is 45.9 Å². The Bertz CT molecular complexity index is 1080. The zero-order valence-electron chi connectivity index (χ0n) is 19.8. The summed E-state index contributed by atoms with van der Waals surface area (Å²) in [6, 6.07) is 15.5. The van der Waals surface area contributed by atoms with Crippen LogP contribution < -0.4 is 5.32 Å². The Balaban J connectivity index is 1.78. The lowest BCUT2D eigenvalue weighted by atomic mass is 10.1. The highest BCUT2D eigenvalue weighted by Gasteiger charge is 2.25. The molecule has 176 valence electrons.